The van der Waals surface area contributed by atoms with Crippen LogP contribution in [0.1, 0.15) is 55.6 Å². The maximum atomic E-state index is 13.1. The first-order valence-corrected chi connectivity index (χ1v) is 12.3. The molecule has 0 saturated carbocycles. The molecule has 1 heterocycles. The number of halogens is 2. The Hall–Kier alpha value is -2.76. The van der Waals surface area contributed by atoms with Gasteiger partial charge in [0.2, 0.25) is 0 Å². The van der Waals surface area contributed by atoms with E-state index in [1.807, 2.05) is 24.3 Å². The molecule has 0 spiro atoms. The summed E-state index contributed by atoms with van der Waals surface area (Å²) < 4.78 is 11.7. The van der Waals surface area contributed by atoms with Crippen molar-refractivity contribution in [2.24, 2.45) is 0 Å². The lowest BCUT2D eigenvalue weighted by molar-refractivity contribution is -0.116. The van der Waals surface area contributed by atoms with Gasteiger partial charge in [0.25, 0.3) is 0 Å². The van der Waals surface area contributed by atoms with E-state index >= 15 is 0 Å². The summed E-state index contributed by atoms with van der Waals surface area (Å²) in [5, 5.41) is 4.47. The lowest BCUT2D eigenvalue weighted by Gasteiger charge is -2.37. The van der Waals surface area contributed by atoms with Crippen molar-refractivity contribution < 1.29 is 19.1 Å². The molecule has 5 rings (SSSR count). The van der Waals surface area contributed by atoms with Gasteiger partial charge in [-0.05, 0) is 43.4 Å². The van der Waals surface area contributed by atoms with Gasteiger partial charge in [-0.1, -0.05) is 41.4 Å². The topological polar surface area (TPSA) is 64.6 Å². The summed E-state index contributed by atoms with van der Waals surface area (Å²) in [5.41, 5.74) is 4.70. The molecule has 2 aliphatic carbocycles. The van der Waals surface area contributed by atoms with E-state index < -0.39 is 5.92 Å². The van der Waals surface area contributed by atoms with Crippen LogP contribution >= 0.6 is 23.2 Å². The van der Waals surface area contributed by atoms with Crippen molar-refractivity contribution in [3.05, 3.63) is 80.1 Å². The first kappa shape index (κ1) is 23.0. The van der Waals surface area contributed by atoms with Gasteiger partial charge in [0.1, 0.15) is 6.61 Å². The molecule has 0 fully saturated rings. The molecule has 34 heavy (non-hydrogen) atoms. The Labute approximate surface area is 208 Å². The van der Waals surface area contributed by atoms with Gasteiger partial charge in [0, 0.05) is 63.0 Å². The van der Waals surface area contributed by atoms with Crippen molar-refractivity contribution in [3.63, 3.8) is 0 Å². The number of Topliss-reactive ketones (excluding diaryl/α,β-unsaturated/α-hetero) is 2. The van der Waals surface area contributed by atoms with E-state index in [9.17, 15) is 9.59 Å². The Morgan fingerprint density at radius 2 is 1.53 bits per heavy atom. The molecule has 2 aromatic rings. The molecular formula is C27H25Cl2NO4. The summed E-state index contributed by atoms with van der Waals surface area (Å²) in [4.78, 5) is 26.1. The molecule has 0 radical (unpaired) electrons. The highest BCUT2D eigenvalue weighted by Crippen LogP contribution is 2.49. The minimum absolute atomic E-state index is 0.0674. The SMILES string of the molecule is COc1cc(C2C3=C(CCCC3=O)NC3=C2C(=O)CCC3)c(Cl)cc1OCc1ccccc1Cl. The van der Waals surface area contributed by atoms with E-state index in [0.29, 0.717) is 51.1 Å². The van der Waals surface area contributed by atoms with E-state index in [1.165, 1.54) is 0 Å². The molecule has 0 aromatic heterocycles. The second-order valence-corrected chi connectivity index (χ2v) is 9.61. The molecular weight excluding hydrogens is 473 g/mol. The van der Waals surface area contributed by atoms with E-state index in [4.69, 9.17) is 32.7 Å². The van der Waals surface area contributed by atoms with Crippen LogP contribution in [0.25, 0.3) is 0 Å². The average molecular weight is 498 g/mol. The quantitative estimate of drug-likeness (QED) is 0.526. The van der Waals surface area contributed by atoms with Gasteiger partial charge in [-0.2, -0.15) is 0 Å². The Balaban J connectivity index is 1.57. The van der Waals surface area contributed by atoms with E-state index in [-0.39, 0.29) is 18.2 Å². The molecule has 2 aromatic carbocycles. The highest BCUT2D eigenvalue weighted by atomic mass is 35.5. The number of rotatable bonds is 5. The van der Waals surface area contributed by atoms with Crippen LogP contribution < -0.4 is 14.8 Å². The van der Waals surface area contributed by atoms with Crippen LogP contribution in [0.3, 0.4) is 0 Å². The molecule has 7 heteroatoms. The maximum Gasteiger partial charge on any atom is 0.163 e. The molecule has 5 nitrogen and oxygen atoms in total. The number of carbonyl (C=O) groups excluding carboxylic acids is 2. The normalized spacial score (nSPS) is 18.4. The monoisotopic (exact) mass is 497 g/mol. The molecule has 0 saturated heterocycles. The first-order chi connectivity index (χ1) is 16.5. The zero-order valence-electron chi connectivity index (χ0n) is 18.9. The number of hydrogen-bond acceptors (Lipinski definition) is 5. The van der Waals surface area contributed by atoms with Crippen LogP contribution in [0.15, 0.2) is 58.9 Å². The summed E-state index contributed by atoms with van der Waals surface area (Å²) >= 11 is 13.1. The third kappa shape index (κ3) is 4.12. The van der Waals surface area contributed by atoms with Gasteiger partial charge in [-0.15, -0.1) is 0 Å². The van der Waals surface area contributed by atoms with Crippen molar-refractivity contribution in [2.75, 3.05) is 7.11 Å². The van der Waals surface area contributed by atoms with Gasteiger partial charge in [0.05, 0.1) is 7.11 Å². The number of methoxy groups -OCH3 is 1. The smallest absolute Gasteiger partial charge is 0.163 e. The van der Waals surface area contributed by atoms with Crippen molar-refractivity contribution in [1.82, 2.24) is 5.32 Å². The van der Waals surface area contributed by atoms with Crippen LogP contribution in [-0.4, -0.2) is 18.7 Å². The number of nitrogens with one attached hydrogen (secondary N) is 1. The summed E-state index contributed by atoms with van der Waals surface area (Å²) in [6, 6.07) is 11.0. The standard InChI is InChI=1S/C27H25Cl2NO4/c1-33-23-12-16(18(29)13-24(23)34-14-15-6-2-3-7-17(15)28)25-26-19(8-4-10-21(26)31)30-20-9-5-11-22(32)27(20)25/h2-3,6-7,12-13,25,30H,4-5,8-11,14H2,1H3. The zero-order valence-corrected chi connectivity index (χ0v) is 20.4. The Kier molecular flexibility index (Phi) is 6.41. The fraction of sp³-hybridized carbons (Fsp3) is 0.333. The lowest BCUT2D eigenvalue weighted by atomic mass is 9.71. The number of allylic oxidation sites excluding steroid dienone is 4. The van der Waals surface area contributed by atoms with Crippen LogP contribution in [0.4, 0.5) is 0 Å². The Morgan fingerprint density at radius 1 is 0.882 bits per heavy atom. The highest BCUT2D eigenvalue weighted by molar-refractivity contribution is 6.32. The molecule has 0 atom stereocenters. The Morgan fingerprint density at radius 3 is 2.15 bits per heavy atom. The molecule has 1 aliphatic heterocycles. The number of carbonyl (C=O) groups is 2. The fourth-order valence-corrected chi connectivity index (χ4v) is 5.56. The molecule has 0 bridgehead atoms. The molecule has 0 unspecified atom stereocenters. The van der Waals surface area contributed by atoms with Gasteiger partial charge in [-0.25, -0.2) is 0 Å². The number of benzene rings is 2. The number of ether oxygens (including phenoxy) is 2. The maximum absolute atomic E-state index is 13.1. The summed E-state index contributed by atoms with van der Waals surface area (Å²) in [7, 11) is 1.56. The van der Waals surface area contributed by atoms with Gasteiger partial charge in [-0.3, -0.25) is 9.59 Å². The third-order valence-electron chi connectivity index (χ3n) is 6.73. The van der Waals surface area contributed by atoms with Gasteiger partial charge < -0.3 is 14.8 Å². The largest absolute Gasteiger partial charge is 0.493 e. The summed E-state index contributed by atoms with van der Waals surface area (Å²) in [6.07, 6.45) is 4.13. The van der Waals surface area contributed by atoms with Crippen molar-refractivity contribution >= 4 is 34.8 Å². The summed E-state index contributed by atoms with van der Waals surface area (Å²) in [6.45, 7) is 0.251. The number of dihydropyridines is 1. The first-order valence-electron chi connectivity index (χ1n) is 11.5. The average Bonchev–Trinajstić information content (AvgIpc) is 2.83. The van der Waals surface area contributed by atoms with Crippen LogP contribution in [0, 0.1) is 0 Å². The molecule has 176 valence electrons. The minimum atomic E-state index is -0.495. The van der Waals surface area contributed by atoms with Crippen LogP contribution in [0.5, 0.6) is 11.5 Å². The zero-order chi connectivity index (χ0) is 23.8. The molecule has 0 amide bonds. The van der Waals surface area contributed by atoms with Gasteiger partial charge >= 0.3 is 0 Å². The minimum Gasteiger partial charge on any atom is -0.493 e. The van der Waals surface area contributed by atoms with Crippen molar-refractivity contribution in [3.8, 4) is 11.5 Å². The van der Waals surface area contributed by atoms with Crippen LogP contribution in [0.2, 0.25) is 10.0 Å². The van der Waals surface area contributed by atoms with Crippen molar-refractivity contribution in [1.29, 1.82) is 0 Å². The number of ketones is 2. The van der Waals surface area contributed by atoms with E-state index in [0.717, 1.165) is 42.6 Å². The van der Waals surface area contributed by atoms with Crippen LogP contribution in [-0.2, 0) is 16.2 Å². The molecule has 1 N–H and O–H groups in total. The number of hydrogen-bond donors (Lipinski definition) is 1. The second kappa shape index (κ2) is 9.47. The highest BCUT2D eigenvalue weighted by Gasteiger charge is 2.41. The summed E-state index contributed by atoms with van der Waals surface area (Å²) in [5.74, 6) is 0.598. The Bertz CT molecular complexity index is 1210. The third-order valence-corrected chi connectivity index (χ3v) is 7.42. The van der Waals surface area contributed by atoms with Crippen molar-refractivity contribution in [2.45, 2.75) is 51.0 Å². The molecule has 3 aliphatic rings. The predicted molar refractivity (Wildman–Crippen MR) is 131 cm³/mol. The lowest BCUT2D eigenvalue weighted by Crippen LogP contribution is -2.36. The van der Waals surface area contributed by atoms with E-state index in [1.54, 1.807) is 19.2 Å². The predicted octanol–water partition coefficient (Wildman–Crippen LogP) is 6.28. The fourth-order valence-electron chi connectivity index (χ4n) is 5.11. The second-order valence-electron chi connectivity index (χ2n) is 8.80. The van der Waals surface area contributed by atoms with E-state index in [2.05, 4.69) is 5.32 Å². The van der Waals surface area contributed by atoms with Gasteiger partial charge in [0.15, 0.2) is 23.1 Å².